The van der Waals surface area contributed by atoms with Crippen LogP contribution in [0.15, 0.2) is 36.7 Å². The second-order valence-corrected chi connectivity index (χ2v) is 3.61. The smallest absolute Gasteiger partial charge is 0.335 e. The van der Waals surface area contributed by atoms with Crippen LogP contribution in [-0.2, 0) is 0 Å². The molecule has 0 aliphatic carbocycles. The number of carboxylic acid groups (broad SMARTS) is 1. The number of H-pyrrole nitrogens is 1. The van der Waals surface area contributed by atoms with Crippen LogP contribution in [0.1, 0.15) is 10.4 Å². The SMILES string of the molecule is O=C(O)c1ccc2[nH]c3ccncc3c2c1. The molecule has 4 nitrogen and oxygen atoms in total. The zero-order chi connectivity index (χ0) is 11.1. The van der Waals surface area contributed by atoms with Gasteiger partial charge in [0.1, 0.15) is 0 Å². The van der Waals surface area contributed by atoms with Gasteiger partial charge in [-0.15, -0.1) is 0 Å². The Morgan fingerprint density at radius 3 is 2.81 bits per heavy atom. The quantitative estimate of drug-likeness (QED) is 0.651. The first kappa shape index (κ1) is 8.91. The number of rotatable bonds is 1. The van der Waals surface area contributed by atoms with E-state index in [4.69, 9.17) is 5.11 Å². The number of nitrogens with zero attached hydrogens (tertiary/aromatic N) is 1. The predicted molar refractivity (Wildman–Crippen MR) is 60.6 cm³/mol. The number of carbonyl (C=O) groups is 1. The Kier molecular flexibility index (Phi) is 1.71. The van der Waals surface area contributed by atoms with Gasteiger partial charge in [-0.3, -0.25) is 4.98 Å². The number of benzene rings is 1. The van der Waals surface area contributed by atoms with Crippen molar-refractivity contribution >= 4 is 27.8 Å². The summed E-state index contributed by atoms with van der Waals surface area (Å²) in [5.41, 5.74) is 2.18. The molecule has 0 bridgehead atoms. The third kappa shape index (κ3) is 1.16. The third-order valence-electron chi connectivity index (χ3n) is 2.65. The summed E-state index contributed by atoms with van der Waals surface area (Å²) in [6.07, 6.45) is 3.44. The molecule has 0 aliphatic rings. The Hall–Kier alpha value is -2.36. The van der Waals surface area contributed by atoms with Gasteiger partial charge in [0.2, 0.25) is 0 Å². The number of carboxylic acids is 1. The molecule has 0 aliphatic heterocycles. The molecule has 2 heterocycles. The highest BCUT2D eigenvalue weighted by Crippen LogP contribution is 2.25. The first-order valence-corrected chi connectivity index (χ1v) is 4.84. The normalized spacial score (nSPS) is 11.0. The Morgan fingerprint density at radius 1 is 1.19 bits per heavy atom. The van der Waals surface area contributed by atoms with Crippen molar-refractivity contribution in [3.8, 4) is 0 Å². The molecule has 2 aromatic heterocycles. The molecular formula is C12H8N2O2. The third-order valence-corrected chi connectivity index (χ3v) is 2.65. The van der Waals surface area contributed by atoms with Crippen LogP contribution in [0.5, 0.6) is 0 Å². The average Bonchev–Trinajstić information content (AvgIpc) is 2.66. The summed E-state index contributed by atoms with van der Waals surface area (Å²) >= 11 is 0. The lowest BCUT2D eigenvalue weighted by Gasteiger charge is -1.94. The molecule has 3 aromatic rings. The number of aromatic amines is 1. The van der Waals surface area contributed by atoms with E-state index in [2.05, 4.69) is 9.97 Å². The molecule has 0 radical (unpaired) electrons. The monoisotopic (exact) mass is 212 g/mol. The molecule has 3 rings (SSSR count). The van der Waals surface area contributed by atoms with Crippen molar-refractivity contribution in [2.75, 3.05) is 0 Å². The number of aromatic carboxylic acids is 1. The summed E-state index contributed by atoms with van der Waals surface area (Å²) in [5.74, 6) is -0.917. The lowest BCUT2D eigenvalue weighted by molar-refractivity contribution is 0.0697. The predicted octanol–water partition coefficient (Wildman–Crippen LogP) is 2.41. The number of aromatic nitrogens is 2. The molecule has 0 saturated heterocycles. The van der Waals surface area contributed by atoms with E-state index in [0.717, 1.165) is 21.8 Å². The second-order valence-electron chi connectivity index (χ2n) is 3.61. The van der Waals surface area contributed by atoms with Crippen LogP contribution >= 0.6 is 0 Å². The molecule has 2 N–H and O–H groups in total. The van der Waals surface area contributed by atoms with E-state index in [9.17, 15) is 4.79 Å². The highest BCUT2D eigenvalue weighted by atomic mass is 16.4. The molecule has 4 heteroatoms. The van der Waals surface area contributed by atoms with Gasteiger partial charge in [0, 0.05) is 34.2 Å². The molecule has 0 spiro atoms. The summed E-state index contributed by atoms with van der Waals surface area (Å²) in [4.78, 5) is 18.1. The van der Waals surface area contributed by atoms with Crippen molar-refractivity contribution in [1.82, 2.24) is 9.97 Å². The Labute approximate surface area is 90.5 Å². The number of hydrogen-bond acceptors (Lipinski definition) is 2. The van der Waals surface area contributed by atoms with Crippen LogP contribution in [0.4, 0.5) is 0 Å². The summed E-state index contributed by atoms with van der Waals surface area (Å²) in [5, 5.41) is 10.8. The average molecular weight is 212 g/mol. The van der Waals surface area contributed by atoms with Crippen molar-refractivity contribution in [2.24, 2.45) is 0 Å². The van der Waals surface area contributed by atoms with Gasteiger partial charge >= 0.3 is 5.97 Å². The summed E-state index contributed by atoms with van der Waals surface area (Å²) in [6.45, 7) is 0. The maximum absolute atomic E-state index is 10.9. The van der Waals surface area contributed by atoms with Crippen molar-refractivity contribution in [1.29, 1.82) is 0 Å². The highest BCUT2D eigenvalue weighted by Gasteiger charge is 2.07. The number of hydrogen-bond donors (Lipinski definition) is 2. The minimum Gasteiger partial charge on any atom is -0.478 e. The topological polar surface area (TPSA) is 66.0 Å². The van der Waals surface area contributed by atoms with Crippen LogP contribution in [0.25, 0.3) is 21.8 Å². The molecule has 0 unspecified atom stereocenters. The van der Waals surface area contributed by atoms with Crippen LogP contribution in [0.2, 0.25) is 0 Å². The van der Waals surface area contributed by atoms with E-state index in [1.807, 2.05) is 6.07 Å². The van der Waals surface area contributed by atoms with Crippen molar-refractivity contribution < 1.29 is 9.90 Å². The van der Waals surface area contributed by atoms with E-state index in [-0.39, 0.29) is 5.56 Å². The second kappa shape index (κ2) is 3.06. The molecule has 0 fully saturated rings. The molecule has 0 atom stereocenters. The Balaban J connectivity index is 2.44. The highest BCUT2D eigenvalue weighted by molar-refractivity contribution is 6.08. The fourth-order valence-electron chi connectivity index (χ4n) is 1.87. The van der Waals surface area contributed by atoms with Crippen molar-refractivity contribution in [2.45, 2.75) is 0 Å². The molecule has 0 amide bonds. The van der Waals surface area contributed by atoms with E-state index < -0.39 is 5.97 Å². The molecule has 0 saturated carbocycles. The molecule has 1 aromatic carbocycles. The maximum atomic E-state index is 10.9. The molecule has 78 valence electrons. The van der Waals surface area contributed by atoms with Gasteiger partial charge in [0.25, 0.3) is 0 Å². The minimum absolute atomic E-state index is 0.289. The van der Waals surface area contributed by atoms with Crippen LogP contribution in [0.3, 0.4) is 0 Å². The first-order chi connectivity index (χ1) is 7.75. The Bertz CT molecular complexity index is 700. The summed E-state index contributed by atoms with van der Waals surface area (Å²) in [6, 6.07) is 6.90. The maximum Gasteiger partial charge on any atom is 0.335 e. The van der Waals surface area contributed by atoms with Gasteiger partial charge in [0.15, 0.2) is 0 Å². The zero-order valence-electron chi connectivity index (χ0n) is 8.27. The van der Waals surface area contributed by atoms with Crippen LogP contribution < -0.4 is 0 Å². The summed E-state index contributed by atoms with van der Waals surface area (Å²) < 4.78 is 0. The lowest BCUT2D eigenvalue weighted by Crippen LogP contribution is -1.94. The lowest BCUT2D eigenvalue weighted by atomic mass is 10.1. The van der Waals surface area contributed by atoms with Crippen molar-refractivity contribution in [3.63, 3.8) is 0 Å². The van der Waals surface area contributed by atoms with Crippen molar-refractivity contribution in [3.05, 3.63) is 42.2 Å². The standard InChI is InChI=1S/C12H8N2O2/c15-12(16)7-1-2-10-8(5-7)9-6-13-4-3-11(9)14-10/h1-6,14H,(H,15,16). The summed E-state index contributed by atoms with van der Waals surface area (Å²) in [7, 11) is 0. The zero-order valence-corrected chi connectivity index (χ0v) is 8.27. The van der Waals surface area contributed by atoms with Gasteiger partial charge in [-0.1, -0.05) is 0 Å². The van der Waals surface area contributed by atoms with E-state index in [0.29, 0.717) is 0 Å². The van der Waals surface area contributed by atoms with Gasteiger partial charge < -0.3 is 10.1 Å². The molecule has 16 heavy (non-hydrogen) atoms. The van der Waals surface area contributed by atoms with Gasteiger partial charge in [0.05, 0.1) is 5.56 Å². The number of nitrogens with one attached hydrogen (secondary N) is 1. The van der Waals surface area contributed by atoms with Gasteiger partial charge in [-0.2, -0.15) is 0 Å². The number of fused-ring (bicyclic) bond motifs is 3. The first-order valence-electron chi connectivity index (χ1n) is 4.84. The van der Waals surface area contributed by atoms with E-state index >= 15 is 0 Å². The largest absolute Gasteiger partial charge is 0.478 e. The minimum atomic E-state index is -0.917. The fourth-order valence-corrected chi connectivity index (χ4v) is 1.87. The van der Waals surface area contributed by atoms with E-state index in [1.54, 1.807) is 30.6 Å². The van der Waals surface area contributed by atoms with E-state index in [1.165, 1.54) is 0 Å². The Morgan fingerprint density at radius 2 is 2.00 bits per heavy atom. The van der Waals surface area contributed by atoms with Crippen LogP contribution in [-0.4, -0.2) is 21.0 Å². The van der Waals surface area contributed by atoms with Gasteiger partial charge in [-0.25, -0.2) is 4.79 Å². The fraction of sp³-hybridized carbons (Fsp3) is 0. The van der Waals surface area contributed by atoms with Gasteiger partial charge in [-0.05, 0) is 24.3 Å². The number of pyridine rings is 1. The molecular weight excluding hydrogens is 204 g/mol. The van der Waals surface area contributed by atoms with Crippen LogP contribution in [0, 0.1) is 0 Å².